The number of amidine groups is 1. The largest absolute Gasteiger partial charge is 0.348 e. The monoisotopic (exact) mass is 270 g/mol. The molecule has 98 valence electrons. The van der Waals surface area contributed by atoms with Crippen LogP contribution in [0.2, 0.25) is 5.15 Å². The molecule has 0 saturated heterocycles. The zero-order chi connectivity index (χ0) is 13.7. The summed E-state index contributed by atoms with van der Waals surface area (Å²) in [6, 6.07) is 3.46. The lowest BCUT2D eigenvalue weighted by atomic mass is 10.2. The van der Waals surface area contributed by atoms with Crippen LogP contribution in [0.5, 0.6) is 0 Å². The molecule has 0 atom stereocenters. The number of hydrogen-bond acceptors (Lipinski definition) is 4. The van der Waals surface area contributed by atoms with Crippen LogP contribution in [0.4, 0.5) is 0 Å². The van der Waals surface area contributed by atoms with Gasteiger partial charge < -0.3 is 4.90 Å². The first-order valence-electron chi connectivity index (χ1n) is 5.46. The molecule has 0 saturated carbocycles. The van der Waals surface area contributed by atoms with Crippen molar-refractivity contribution in [2.24, 2.45) is 0 Å². The highest BCUT2D eigenvalue weighted by atomic mass is 35.5. The number of nitrogens with zero attached hydrogens (tertiary/aromatic N) is 3. The van der Waals surface area contributed by atoms with Gasteiger partial charge in [0.05, 0.1) is 0 Å². The van der Waals surface area contributed by atoms with Gasteiger partial charge in [-0.05, 0) is 25.5 Å². The third-order valence-corrected chi connectivity index (χ3v) is 2.61. The number of halogens is 1. The number of nitrogens with one attached hydrogen (secondary N) is 1. The molecule has 18 heavy (non-hydrogen) atoms. The standard InChI is InChI=1S/C11H15ClN4O2/c1-8(2)15(11(13)7-16(17)18)6-9-3-4-10(12)14-5-9/h3-5,8,13H,6-7H2,1-2H3. The van der Waals surface area contributed by atoms with E-state index in [9.17, 15) is 10.1 Å². The van der Waals surface area contributed by atoms with E-state index in [1.54, 1.807) is 23.2 Å². The molecule has 1 heterocycles. The van der Waals surface area contributed by atoms with Crippen molar-refractivity contribution in [1.29, 1.82) is 5.41 Å². The molecule has 1 aromatic heterocycles. The van der Waals surface area contributed by atoms with E-state index in [0.717, 1.165) is 5.56 Å². The van der Waals surface area contributed by atoms with Crippen molar-refractivity contribution in [3.05, 3.63) is 39.2 Å². The Morgan fingerprint density at radius 1 is 1.61 bits per heavy atom. The van der Waals surface area contributed by atoms with Crippen molar-refractivity contribution >= 4 is 17.4 Å². The maximum atomic E-state index is 10.4. The molecule has 0 aromatic carbocycles. The van der Waals surface area contributed by atoms with Crippen LogP contribution in [0.3, 0.4) is 0 Å². The van der Waals surface area contributed by atoms with Crippen LogP contribution >= 0.6 is 11.6 Å². The fourth-order valence-electron chi connectivity index (χ4n) is 1.50. The topological polar surface area (TPSA) is 83.1 Å². The Bertz CT molecular complexity index is 433. The lowest BCUT2D eigenvalue weighted by molar-refractivity contribution is -0.464. The van der Waals surface area contributed by atoms with E-state index in [0.29, 0.717) is 11.7 Å². The van der Waals surface area contributed by atoms with Gasteiger partial charge in [-0.25, -0.2) is 4.98 Å². The minimum absolute atomic E-state index is 0.00753. The molecule has 6 nitrogen and oxygen atoms in total. The van der Waals surface area contributed by atoms with Crippen LogP contribution in [-0.2, 0) is 6.54 Å². The summed E-state index contributed by atoms with van der Waals surface area (Å²) in [7, 11) is 0. The molecule has 1 rings (SSSR count). The summed E-state index contributed by atoms with van der Waals surface area (Å²) in [4.78, 5) is 15.5. The van der Waals surface area contributed by atoms with E-state index in [2.05, 4.69) is 4.98 Å². The zero-order valence-electron chi connectivity index (χ0n) is 10.3. The summed E-state index contributed by atoms with van der Waals surface area (Å²) in [5, 5.41) is 18.6. The van der Waals surface area contributed by atoms with Crippen molar-refractivity contribution in [3.8, 4) is 0 Å². The Labute approximate surface area is 110 Å². The fourth-order valence-corrected chi connectivity index (χ4v) is 1.61. The van der Waals surface area contributed by atoms with Gasteiger partial charge in [-0.15, -0.1) is 0 Å². The summed E-state index contributed by atoms with van der Waals surface area (Å²) in [5.41, 5.74) is 0.862. The molecule has 0 aliphatic rings. The Hall–Kier alpha value is -1.69. The van der Waals surface area contributed by atoms with Gasteiger partial charge in [0.25, 0.3) is 6.54 Å². The average molecular weight is 271 g/mol. The van der Waals surface area contributed by atoms with Gasteiger partial charge in [0, 0.05) is 23.7 Å². The number of aromatic nitrogens is 1. The Morgan fingerprint density at radius 2 is 2.28 bits per heavy atom. The number of nitro groups is 1. The smallest absolute Gasteiger partial charge is 0.259 e. The van der Waals surface area contributed by atoms with Crippen molar-refractivity contribution in [1.82, 2.24) is 9.88 Å². The SMILES string of the molecule is CC(C)N(Cc1ccc(Cl)nc1)C(=N)C[N+](=O)[O-]. The highest BCUT2D eigenvalue weighted by molar-refractivity contribution is 6.29. The lowest BCUT2D eigenvalue weighted by Gasteiger charge is -2.27. The van der Waals surface area contributed by atoms with Crippen LogP contribution < -0.4 is 0 Å². The molecule has 0 radical (unpaired) electrons. The van der Waals surface area contributed by atoms with Gasteiger partial charge in [0.15, 0.2) is 5.84 Å². The van der Waals surface area contributed by atoms with E-state index in [-0.39, 0.29) is 11.9 Å². The first-order chi connectivity index (χ1) is 8.40. The summed E-state index contributed by atoms with van der Waals surface area (Å²) in [6.07, 6.45) is 1.61. The van der Waals surface area contributed by atoms with E-state index in [1.165, 1.54) is 0 Å². The second-order valence-electron chi connectivity index (χ2n) is 4.15. The molecule has 0 amide bonds. The van der Waals surface area contributed by atoms with Gasteiger partial charge in [0.2, 0.25) is 0 Å². The highest BCUT2D eigenvalue weighted by Crippen LogP contribution is 2.10. The summed E-state index contributed by atoms with van der Waals surface area (Å²) in [5.74, 6) is -0.00931. The third-order valence-electron chi connectivity index (χ3n) is 2.39. The number of hydrogen-bond donors (Lipinski definition) is 1. The minimum atomic E-state index is -0.502. The van der Waals surface area contributed by atoms with Crippen LogP contribution in [0.25, 0.3) is 0 Å². The second kappa shape index (κ2) is 6.30. The predicted molar refractivity (Wildman–Crippen MR) is 69.5 cm³/mol. The van der Waals surface area contributed by atoms with Crippen LogP contribution in [0.1, 0.15) is 19.4 Å². The molecule has 1 aromatic rings. The fraction of sp³-hybridized carbons (Fsp3) is 0.455. The van der Waals surface area contributed by atoms with E-state index in [1.807, 2.05) is 13.8 Å². The van der Waals surface area contributed by atoms with E-state index >= 15 is 0 Å². The molecular formula is C11H15ClN4O2. The van der Waals surface area contributed by atoms with Crippen molar-refractivity contribution in [3.63, 3.8) is 0 Å². The number of pyridine rings is 1. The van der Waals surface area contributed by atoms with Gasteiger partial charge in [-0.3, -0.25) is 15.5 Å². The molecular weight excluding hydrogens is 256 g/mol. The molecule has 7 heteroatoms. The second-order valence-corrected chi connectivity index (χ2v) is 4.54. The van der Waals surface area contributed by atoms with Gasteiger partial charge in [-0.2, -0.15) is 0 Å². The average Bonchev–Trinajstić information content (AvgIpc) is 2.26. The number of rotatable bonds is 5. The molecule has 0 bridgehead atoms. The predicted octanol–water partition coefficient (Wildman–Crippen LogP) is 2.20. The molecule has 0 unspecified atom stereocenters. The molecule has 1 N–H and O–H groups in total. The normalized spacial score (nSPS) is 10.4. The first kappa shape index (κ1) is 14.4. The summed E-state index contributed by atoms with van der Waals surface area (Å²) < 4.78 is 0. The van der Waals surface area contributed by atoms with Crippen molar-refractivity contribution in [2.75, 3.05) is 6.54 Å². The van der Waals surface area contributed by atoms with Crippen LogP contribution in [0.15, 0.2) is 18.3 Å². The summed E-state index contributed by atoms with van der Waals surface area (Å²) >= 11 is 5.69. The van der Waals surface area contributed by atoms with Gasteiger partial charge >= 0.3 is 0 Å². The van der Waals surface area contributed by atoms with E-state index < -0.39 is 11.5 Å². The lowest BCUT2D eigenvalue weighted by Crippen LogP contribution is -2.39. The maximum Gasteiger partial charge on any atom is 0.259 e. The quantitative estimate of drug-likeness (QED) is 0.292. The Morgan fingerprint density at radius 3 is 2.72 bits per heavy atom. The molecule has 0 aliphatic carbocycles. The minimum Gasteiger partial charge on any atom is -0.348 e. The first-order valence-corrected chi connectivity index (χ1v) is 5.84. The van der Waals surface area contributed by atoms with E-state index in [4.69, 9.17) is 17.0 Å². The molecule has 0 aliphatic heterocycles. The van der Waals surface area contributed by atoms with Gasteiger partial charge in [0.1, 0.15) is 5.15 Å². The maximum absolute atomic E-state index is 10.4. The summed E-state index contributed by atoms with van der Waals surface area (Å²) in [6.45, 7) is 3.71. The van der Waals surface area contributed by atoms with Crippen LogP contribution in [-0.4, -0.2) is 33.2 Å². The van der Waals surface area contributed by atoms with Gasteiger partial charge in [-0.1, -0.05) is 17.7 Å². The Kier molecular flexibility index (Phi) is 5.03. The Balaban J connectivity index is 2.77. The van der Waals surface area contributed by atoms with Crippen LogP contribution in [0, 0.1) is 15.5 Å². The highest BCUT2D eigenvalue weighted by Gasteiger charge is 2.18. The zero-order valence-corrected chi connectivity index (χ0v) is 11.0. The van der Waals surface area contributed by atoms with Crippen molar-refractivity contribution in [2.45, 2.75) is 26.4 Å². The molecule has 0 spiro atoms. The molecule has 0 fully saturated rings. The van der Waals surface area contributed by atoms with Crippen molar-refractivity contribution < 1.29 is 4.92 Å². The third kappa shape index (κ3) is 4.29.